The first-order valence-electron chi connectivity index (χ1n) is 3.78. The Morgan fingerprint density at radius 2 is 2.23 bits per heavy atom. The van der Waals surface area contributed by atoms with Crippen molar-refractivity contribution in [1.29, 1.82) is 0 Å². The maximum Gasteiger partial charge on any atom is 0.337 e. The van der Waals surface area contributed by atoms with Crippen LogP contribution in [0.15, 0.2) is 18.2 Å². The molecule has 0 heterocycles. The SMILES string of the molecule is CNc1ccc(OC)cc1C(=O)O. The van der Waals surface area contributed by atoms with Gasteiger partial charge in [-0.2, -0.15) is 0 Å². The normalized spacial score (nSPS) is 9.38. The van der Waals surface area contributed by atoms with Gasteiger partial charge in [-0.3, -0.25) is 0 Å². The predicted molar refractivity (Wildman–Crippen MR) is 49.5 cm³/mol. The van der Waals surface area contributed by atoms with Crippen LogP contribution in [-0.4, -0.2) is 25.2 Å². The number of carboxylic acid groups (broad SMARTS) is 1. The first kappa shape index (κ1) is 9.38. The zero-order valence-corrected chi connectivity index (χ0v) is 7.50. The molecule has 0 bridgehead atoms. The molecule has 0 atom stereocenters. The number of benzene rings is 1. The van der Waals surface area contributed by atoms with Crippen LogP contribution in [0.4, 0.5) is 5.69 Å². The molecule has 1 aromatic rings. The highest BCUT2D eigenvalue weighted by Crippen LogP contribution is 2.21. The first-order chi connectivity index (χ1) is 6.19. The minimum Gasteiger partial charge on any atom is -0.497 e. The van der Waals surface area contributed by atoms with E-state index in [4.69, 9.17) is 9.84 Å². The van der Waals surface area contributed by atoms with Crippen molar-refractivity contribution in [3.05, 3.63) is 23.8 Å². The fraction of sp³-hybridized carbons (Fsp3) is 0.222. The van der Waals surface area contributed by atoms with Gasteiger partial charge < -0.3 is 15.2 Å². The Morgan fingerprint density at radius 1 is 1.54 bits per heavy atom. The summed E-state index contributed by atoms with van der Waals surface area (Å²) in [6.45, 7) is 0. The van der Waals surface area contributed by atoms with Gasteiger partial charge in [0.15, 0.2) is 0 Å². The highest BCUT2D eigenvalue weighted by atomic mass is 16.5. The Hall–Kier alpha value is -1.71. The molecule has 1 aromatic carbocycles. The first-order valence-corrected chi connectivity index (χ1v) is 3.78. The van der Waals surface area contributed by atoms with Crippen LogP contribution in [0.5, 0.6) is 5.75 Å². The molecule has 0 spiro atoms. The van der Waals surface area contributed by atoms with Crippen LogP contribution in [0, 0.1) is 0 Å². The van der Waals surface area contributed by atoms with Crippen LogP contribution < -0.4 is 10.1 Å². The molecule has 0 aliphatic rings. The zero-order valence-electron chi connectivity index (χ0n) is 7.50. The highest BCUT2D eigenvalue weighted by Gasteiger charge is 2.09. The van der Waals surface area contributed by atoms with Crippen LogP contribution >= 0.6 is 0 Å². The maximum absolute atomic E-state index is 10.8. The second-order valence-electron chi connectivity index (χ2n) is 2.47. The summed E-state index contributed by atoms with van der Waals surface area (Å²) in [6.07, 6.45) is 0. The second kappa shape index (κ2) is 3.80. The van der Waals surface area contributed by atoms with Gasteiger partial charge in [0.2, 0.25) is 0 Å². The number of anilines is 1. The number of ether oxygens (including phenoxy) is 1. The van der Waals surface area contributed by atoms with Gasteiger partial charge in [0.05, 0.1) is 12.7 Å². The lowest BCUT2D eigenvalue weighted by Crippen LogP contribution is -2.02. The predicted octanol–water partition coefficient (Wildman–Crippen LogP) is 1.44. The molecule has 13 heavy (non-hydrogen) atoms. The molecule has 0 aromatic heterocycles. The van der Waals surface area contributed by atoms with Crippen molar-refractivity contribution in [3.8, 4) is 5.75 Å². The Bertz CT molecular complexity index is 323. The summed E-state index contributed by atoms with van der Waals surface area (Å²) in [4.78, 5) is 10.8. The average molecular weight is 181 g/mol. The molecule has 0 radical (unpaired) electrons. The molecule has 1 rings (SSSR count). The molecular weight excluding hydrogens is 170 g/mol. The van der Waals surface area contributed by atoms with E-state index in [9.17, 15) is 4.79 Å². The number of aromatic carboxylic acids is 1. The van der Waals surface area contributed by atoms with Gasteiger partial charge in [-0.25, -0.2) is 4.79 Å². The highest BCUT2D eigenvalue weighted by molar-refractivity contribution is 5.94. The molecule has 4 nitrogen and oxygen atoms in total. The molecule has 70 valence electrons. The fourth-order valence-corrected chi connectivity index (χ4v) is 1.05. The van der Waals surface area contributed by atoms with Crippen LogP contribution in [0.3, 0.4) is 0 Å². The number of nitrogens with one attached hydrogen (secondary N) is 1. The number of carboxylic acids is 1. The lowest BCUT2D eigenvalue weighted by atomic mass is 10.1. The number of methoxy groups -OCH3 is 1. The number of carbonyl (C=O) groups is 1. The zero-order chi connectivity index (χ0) is 9.84. The van der Waals surface area contributed by atoms with E-state index in [0.29, 0.717) is 11.4 Å². The molecular formula is C9H11NO3. The Balaban J connectivity index is 3.18. The van der Waals surface area contributed by atoms with Gasteiger partial charge in [-0.15, -0.1) is 0 Å². The Labute approximate surface area is 76.1 Å². The van der Waals surface area contributed by atoms with Crippen LogP contribution in [0.25, 0.3) is 0 Å². The quantitative estimate of drug-likeness (QED) is 0.740. The average Bonchev–Trinajstić information content (AvgIpc) is 2.16. The van der Waals surface area contributed by atoms with E-state index in [1.165, 1.54) is 13.2 Å². The number of hydrogen-bond donors (Lipinski definition) is 2. The number of rotatable bonds is 3. The van der Waals surface area contributed by atoms with Crippen molar-refractivity contribution >= 4 is 11.7 Å². The molecule has 4 heteroatoms. The molecule has 0 saturated carbocycles. The van der Waals surface area contributed by atoms with Gasteiger partial charge in [0, 0.05) is 12.7 Å². The second-order valence-corrected chi connectivity index (χ2v) is 2.47. The van der Waals surface area contributed by atoms with Gasteiger partial charge in [0.1, 0.15) is 5.75 Å². The topological polar surface area (TPSA) is 58.6 Å². The molecule has 0 aliphatic heterocycles. The van der Waals surface area contributed by atoms with E-state index in [1.807, 2.05) is 0 Å². The van der Waals surface area contributed by atoms with Crippen molar-refractivity contribution in [2.24, 2.45) is 0 Å². The molecule has 0 fully saturated rings. The lowest BCUT2D eigenvalue weighted by Gasteiger charge is -2.06. The fourth-order valence-electron chi connectivity index (χ4n) is 1.05. The summed E-state index contributed by atoms with van der Waals surface area (Å²) >= 11 is 0. The third kappa shape index (κ3) is 1.90. The van der Waals surface area contributed by atoms with Crippen molar-refractivity contribution in [3.63, 3.8) is 0 Å². The van der Waals surface area contributed by atoms with Gasteiger partial charge in [-0.1, -0.05) is 0 Å². The standard InChI is InChI=1S/C9H11NO3/c1-10-8-4-3-6(13-2)5-7(8)9(11)12/h3-5,10H,1-2H3,(H,11,12). The molecule has 0 aliphatic carbocycles. The summed E-state index contributed by atoms with van der Waals surface area (Å²) < 4.78 is 4.91. The van der Waals surface area contributed by atoms with E-state index < -0.39 is 5.97 Å². The summed E-state index contributed by atoms with van der Waals surface area (Å²) in [6, 6.07) is 4.86. The van der Waals surface area contributed by atoms with Crippen molar-refractivity contribution in [1.82, 2.24) is 0 Å². The third-order valence-electron chi connectivity index (χ3n) is 1.73. The smallest absolute Gasteiger partial charge is 0.337 e. The minimum absolute atomic E-state index is 0.210. The van der Waals surface area contributed by atoms with Gasteiger partial charge in [-0.05, 0) is 18.2 Å². The Morgan fingerprint density at radius 3 is 2.69 bits per heavy atom. The van der Waals surface area contributed by atoms with E-state index >= 15 is 0 Å². The van der Waals surface area contributed by atoms with Gasteiger partial charge in [0.25, 0.3) is 0 Å². The van der Waals surface area contributed by atoms with E-state index in [1.54, 1.807) is 19.2 Å². The lowest BCUT2D eigenvalue weighted by molar-refractivity contribution is 0.0697. The van der Waals surface area contributed by atoms with E-state index in [2.05, 4.69) is 5.32 Å². The largest absolute Gasteiger partial charge is 0.497 e. The van der Waals surface area contributed by atoms with Gasteiger partial charge >= 0.3 is 5.97 Å². The molecule has 2 N–H and O–H groups in total. The van der Waals surface area contributed by atoms with Crippen molar-refractivity contribution < 1.29 is 14.6 Å². The maximum atomic E-state index is 10.8. The minimum atomic E-state index is -0.969. The Kier molecular flexibility index (Phi) is 2.74. The molecule has 0 unspecified atom stereocenters. The van der Waals surface area contributed by atoms with Crippen LogP contribution in [0.1, 0.15) is 10.4 Å². The molecule has 0 amide bonds. The van der Waals surface area contributed by atoms with Crippen molar-refractivity contribution in [2.45, 2.75) is 0 Å². The van der Waals surface area contributed by atoms with E-state index in [-0.39, 0.29) is 5.56 Å². The number of hydrogen-bond acceptors (Lipinski definition) is 3. The van der Waals surface area contributed by atoms with Crippen molar-refractivity contribution in [2.75, 3.05) is 19.5 Å². The van der Waals surface area contributed by atoms with Crippen LogP contribution in [-0.2, 0) is 0 Å². The van der Waals surface area contributed by atoms with Crippen LogP contribution in [0.2, 0.25) is 0 Å². The third-order valence-corrected chi connectivity index (χ3v) is 1.73. The molecule has 0 saturated heterocycles. The summed E-state index contributed by atoms with van der Waals surface area (Å²) in [5.74, 6) is -0.431. The van der Waals surface area contributed by atoms with E-state index in [0.717, 1.165) is 0 Å². The monoisotopic (exact) mass is 181 g/mol. The summed E-state index contributed by atoms with van der Waals surface area (Å²) in [5, 5.41) is 11.6. The summed E-state index contributed by atoms with van der Waals surface area (Å²) in [7, 11) is 3.17. The summed E-state index contributed by atoms with van der Waals surface area (Å²) in [5.41, 5.74) is 0.787.